The average molecular weight is 255 g/mol. The molecule has 0 aliphatic carbocycles. The number of phenolic OH excluding ortho intramolecular Hbond substituents is 1. The van der Waals surface area contributed by atoms with Crippen LogP contribution in [0, 0.1) is 0 Å². The largest absolute Gasteiger partial charge is 0.508 e. The zero-order chi connectivity index (χ0) is 12.4. The summed E-state index contributed by atoms with van der Waals surface area (Å²) in [6.07, 6.45) is 0. The Kier molecular flexibility index (Phi) is 2.90. The van der Waals surface area contributed by atoms with Gasteiger partial charge in [-0.3, -0.25) is 0 Å². The standard InChI is InChI=1S/C15H13NOS/c17-15-6-5-11-3-1-2-4-13(11)14(15)9-16-12-7-8-18-10-12/h1-8,10,16-17H,9H2. The molecule has 0 atom stereocenters. The fourth-order valence-electron chi connectivity index (χ4n) is 2.07. The Hall–Kier alpha value is -2.00. The van der Waals surface area contributed by atoms with Gasteiger partial charge in [0.25, 0.3) is 0 Å². The molecule has 0 saturated carbocycles. The lowest BCUT2D eigenvalue weighted by molar-refractivity contribution is 0.470. The minimum absolute atomic E-state index is 0.344. The molecule has 3 aromatic rings. The summed E-state index contributed by atoms with van der Waals surface area (Å²) in [5.74, 6) is 0.344. The maximum Gasteiger partial charge on any atom is 0.121 e. The van der Waals surface area contributed by atoms with Gasteiger partial charge in [-0.25, -0.2) is 0 Å². The van der Waals surface area contributed by atoms with Crippen molar-refractivity contribution in [3.05, 3.63) is 58.8 Å². The number of hydrogen-bond donors (Lipinski definition) is 2. The quantitative estimate of drug-likeness (QED) is 0.734. The first-order valence-corrected chi connectivity index (χ1v) is 6.74. The molecule has 0 unspecified atom stereocenters. The molecule has 1 heterocycles. The zero-order valence-electron chi connectivity index (χ0n) is 9.76. The maximum absolute atomic E-state index is 10.00. The molecule has 0 aliphatic heterocycles. The Labute approximate surface area is 110 Å². The van der Waals surface area contributed by atoms with E-state index in [0.29, 0.717) is 12.3 Å². The molecule has 18 heavy (non-hydrogen) atoms. The lowest BCUT2D eigenvalue weighted by Crippen LogP contribution is -1.99. The van der Waals surface area contributed by atoms with Crippen LogP contribution in [-0.2, 0) is 6.54 Å². The monoisotopic (exact) mass is 255 g/mol. The lowest BCUT2D eigenvalue weighted by Gasteiger charge is -2.10. The van der Waals surface area contributed by atoms with Crippen molar-refractivity contribution in [1.29, 1.82) is 0 Å². The number of anilines is 1. The van der Waals surface area contributed by atoms with E-state index >= 15 is 0 Å². The summed E-state index contributed by atoms with van der Waals surface area (Å²) < 4.78 is 0. The van der Waals surface area contributed by atoms with Crippen molar-refractivity contribution in [2.75, 3.05) is 5.32 Å². The molecule has 0 aliphatic rings. The van der Waals surface area contributed by atoms with E-state index in [2.05, 4.69) is 16.8 Å². The zero-order valence-corrected chi connectivity index (χ0v) is 10.6. The molecule has 0 saturated heterocycles. The number of benzene rings is 2. The molecule has 0 bridgehead atoms. The van der Waals surface area contributed by atoms with Gasteiger partial charge in [0, 0.05) is 23.2 Å². The fraction of sp³-hybridized carbons (Fsp3) is 0.0667. The van der Waals surface area contributed by atoms with Crippen molar-refractivity contribution in [1.82, 2.24) is 0 Å². The van der Waals surface area contributed by atoms with Gasteiger partial charge in [-0.1, -0.05) is 30.3 Å². The molecule has 3 heteroatoms. The van der Waals surface area contributed by atoms with Crippen molar-refractivity contribution in [3.63, 3.8) is 0 Å². The topological polar surface area (TPSA) is 32.3 Å². The van der Waals surface area contributed by atoms with Crippen LogP contribution in [0.25, 0.3) is 10.8 Å². The summed E-state index contributed by atoms with van der Waals surface area (Å²) >= 11 is 1.66. The highest BCUT2D eigenvalue weighted by Crippen LogP contribution is 2.28. The first-order chi connectivity index (χ1) is 8.84. The van der Waals surface area contributed by atoms with E-state index in [4.69, 9.17) is 0 Å². The smallest absolute Gasteiger partial charge is 0.121 e. The first-order valence-electron chi connectivity index (χ1n) is 5.80. The summed E-state index contributed by atoms with van der Waals surface area (Å²) in [7, 11) is 0. The van der Waals surface area contributed by atoms with Crippen LogP contribution in [0.1, 0.15) is 5.56 Å². The van der Waals surface area contributed by atoms with Gasteiger partial charge in [0.15, 0.2) is 0 Å². The lowest BCUT2D eigenvalue weighted by atomic mass is 10.0. The van der Waals surface area contributed by atoms with Crippen LogP contribution >= 0.6 is 11.3 Å². The molecule has 0 radical (unpaired) electrons. The van der Waals surface area contributed by atoms with Crippen LogP contribution < -0.4 is 5.32 Å². The van der Waals surface area contributed by atoms with Crippen molar-refractivity contribution in [3.8, 4) is 5.75 Å². The second-order valence-electron chi connectivity index (χ2n) is 4.15. The van der Waals surface area contributed by atoms with Crippen molar-refractivity contribution in [2.45, 2.75) is 6.54 Å². The van der Waals surface area contributed by atoms with Gasteiger partial charge < -0.3 is 10.4 Å². The molecule has 1 aromatic heterocycles. The molecular weight excluding hydrogens is 242 g/mol. The molecule has 0 fully saturated rings. The van der Waals surface area contributed by atoms with E-state index in [0.717, 1.165) is 22.0 Å². The van der Waals surface area contributed by atoms with Gasteiger partial charge in [-0.2, -0.15) is 11.3 Å². The Morgan fingerprint density at radius 3 is 2.78 bits per heavy atom. The minimum atomic E-state index is 0.344. The molecular formula is C15H13NOS. The van der Waals surface area contributed by atoms with Gasteiger partial charge in [0.2, 0.25) is 0 Å². The minimum Gasteiger partial charge on any atom is -0.508 e. The highest BCUT2D eigenvalue weighted by Gasteiger charge is 2.06. The number of aromatic hydroxyl groups is 1. The van der Waals surface area contributed by atoms with Gasteiger partial charge in [0.1, 0.15) is 5.75 Å². The van der Waals surface area contributed by atoms with E-state index in [9.17, 15) is 5.11 Å². The Morgan fingerprint density at radius 2 is 1.94 bits per heavy atom. The maximum atomic E-state index is 10.00. The Bertz CT molecular complexity index is 661. The number of phenols is 1. The molecule has 0 spiro atoms. The summed E-state index contributed by atoms with van der Waals surface area (Å²) in [4.78, 5) is 0. The van der Waals surface area contributed by atoms with E-state index < -0.39 is 0 Å². The molecule has 90 valence electrons. The van der Waals surface area contributed by atoms with Crippen LogP contribution in [0.4, 0.5) is 5.69 Å². The van der Waals surface area contributed by atoms with Gasteiger partial charge in [0.05, 0.1) is 0 Å². The Morgan fingerprint density at radius 1 is 1.06 bits per heavy atom. The second kappa shape index (κ2) is 4.70. The second-order valence-corrected chi connectivity index (χ2v) is 4.93. The third-order valence-corrected chi connectivity index (χ3v) is 3.69. The summed E-state index contributed by atoms with van der Waals surface area (Å²) in [6, 6.07) is 13.8. The van der Waals surface area contributed by atoms with Gasteiger partial charge in [-0.05, 0) is 28.3 Å². The van der Waals surface area contributed by atoms with E-state index in [1.54, 1.807) is 17.4 Å². The van der Waals surface area contributed by atoms with Crippen molar-refractivity contribution < 1.29 is 5.11 Å². The third-order valence-electron chi connectivity index (χ3n) is 3.01. The van der Waals surface area contributed by atoms with Crippen molar-refractivity contribution >= 4 is 27.8 Å². The predicted octanol–water partition coefficient (Wildman–Crippen LogP) is 4.22. The van der Waals surface area contributed by atoms with Crippen LogP contribution in [0.3, 0.4) is 0 Å². The number of fused-ring (bicyclic) bond motifs is 1. The summed E-state index contributed by atoms with van der Waals surface area (Å²) in [5.41, 5.74) is 2.03. The average Bonchev–Trinajstić information content (AvgIpc) is 2.91. The molecule has 2 N–H and O–H groups in total. The first kappa shape index (κ1) is 11.1. The summed E-state index contributed by atoms with van der Waals surface area (Å²) in [6.45, 7) is 0.629. The number of thiophene rings is 1. The highest BCUT2D eigenvalue weighted by molar-refractivity contribution is 7.08. The number of hydrogen-bond acceptors (Lipinski definition) is 3. The molecule has 0 amide bonds. The van der Waals surface area contributed by atoms with Crippen molar-refractivity contribution in [2.24, 2.45) is 0 Å². The van der Waals surface area contributed by atoms with E-state index in [1.807, 2.05) is 35.7 Å². The van der Waals surface area contributed by atoms with Crippen LogP contribution in [0.15, 0.2) is 53.2 Å². The third kappa shape index (κ3) is 2.05. The fourth-order valence-corrected chi connectivity index (χ4v) is 2.68. The number of rotatable bonds is 3. The molecule has 2 nitrogen and oxygen atoms in total. The number of nitrogens with one attached hydrogen (secondary N) is 1. The van der Waals surface area contributed by atoms with Crippen LogP contribution in [0.5, 0.6) is 5.75 Å². The Balaban J connectivity index is 1.97. The van der Waals surface area contributed by atoms with Gasteiger partial charge in [-0.15, -0.1) is 0 Å². The van der Waals surface area contributed by atoms with Gasteiger partial charge >= 0.3 is 0 Å². The SMILES string of the molecule is Oc1ccc2ccccc2c1CNc1ccsc1. The summed E-state index contributed by atoms with van der Waals surface area (Å²) in [5, 5.41) is 19.7. The predicted molar refractivity (Wildman–Crippen MR) is 77.3 cm³/mol. The van der Waals surface area contributed by atoms with E-state index in [1.165, 1.54) is 0 Å². The normalized spacial score (nSPS) is 10.7. The van der Waals surface area contributed by atoms with E-state index in [-0.39, 0.29) is 0 Å². The van der Waals surface area contributed by atoms with Crippen LogP contribution in [-0.4, -0.2) is 5.11 Å². The molecule has 2 aromatic carbocycles. The highest BCUT2D eigenvalue weighted by atomic mass is 32.1. The molecule has 3 rings (SSSR count). The van der Waals surface area contributed by atoms with Crippen LogP contribution in [0.2, 0.25) is 0 Å².